The molecule has 0 radical (unpaired) electrons. The number of rotatable bonds is 2. The maximum atomic E-state index is 11.3. The van der Waals surface area contributed by atoms with Gasteiger partial charge in [-0.25, -0.2) is 0 Å². The fourth-order valence-corrected chi connectivity index (χ4v) is 2.23. The molecule has 0 aromatic rings. The molecule has 2 saturated heterocycles. The average molecular weight is 183 g/mol. The minimum absolute atomic E-state index is 0.189. The molecule has 74 valence electrons. The largest absolute Gasteiger partial charge is 0.352 e. The normalized spacial score (nSPS) is 38.1. The van der Waals surface area contributed by atoms with Gasteiger partial charge in [-0.2, -0.15) is 0 Å². The highest BCUT2D eigenvalue weighted by Crippen LogP contribution is 2.28. The standard InChI is InChI=1S/C9H17N3O/c1-12(2)5-7-3-4-9(11-7)6-10-8(9)13/h7,11H,3-6H2,1-2H3,(H,10,13). The maximum absolute atomic E-state index is 11.3. The van der Waals surface area contributed by atoms with E-state index in [-0.39, 0.29) is 11.4 Å². The van der Waals surface area contributed by atoms with Crippen molar-refractivity contribution in [3.05, 3.63) is 0 Å². The predicted octanol–water partition coefficient (Wildman–Crippen LogP) is -0.831. The second kappa shape index (κ2) is 2.96. The summed E-state index contributed by atoms with van der Waals surface area (Å²) in [6.07, 6.45) is 2.11. The van der Waals surface area contributed by atoms with Gasteiger partial charge in [0, 0.05) is 19.1 Å². The Kier molecular flexibility index (Phi) is 2.04. The van der Waals surface area contributed by atoms with Crippen molar-refractivity contribution < 1.29 is 4.79 Å². The van der Waals surface area contributed by atoms with E-state index in [2.05, 4.69) is 29.6 Å². The average Bonchev–Trinajstić information content (AvgIpc) is 2.47. The molecule has 2 heterocycles. The molecule has 2 atom stereocenters. The Labute approximate surface area is 78.7 Å². The van der Waals surface area contributed by atoms with Crippen LogP contribution in [0, 0.1) is 0 Å². The lowest BCUT2D eigenvalue weighted by atomic mass is 9.90. The Morgan fingerprint density at radius 3 is 2.77 bits per heavy atom. The number of carbonyl (C=O) groups is 1. The first-order valence-corrected chi connectivity index (χ1v) is 4.83. The summed E-state index contributed by atoms with van der Waals surface area (Å²) in [5, 5.41) is 6.23. The molecule has 2 aliphatic heterocycles. The van der Waals surface area contributed by atoms with Crippen molar-refractivity contribution in [1.82, 2.24) is 15.5 Å². The zero-order valence-corrected chi connectivity index (χ0v) is 8.26. The summed E-state index contributed by atoms with van der Waals surface area (Å²) in [5.74, 6) is 0.189. The van der Waals surface area contributed by atoms with Gasteiger partial charge in [-0.1, -0.05) is 0 Å². The fraction of sp³-hybridized carbons (Fsp3) is 0.889. The molecule has 0 aliphatic carbocycles. The first-order chi connectivity index (χ1) is 6.12. The molecule has 13 heavy (non-hydrogen) atoms. The van der Waals surface area contributed by atoms with Crippen LogP contribution in [0.15, 0.2) is 0 Å². The number of likely N-dealkylation sites (N-methyl/N-ethyl adjacent to an activating group) is 1. The van der Waals surface area contributed by atoms with Gasteiger partial charge in [0.2, 0.25) is 5.91 Å². The van der Waals surface area contributed by atoms with Crippen molar-refractivity contribution >= 4 is 5.91 Å². The third kappa shape index (κ3) is 1.44. The van der Waals surface area contributed by atoms with Crippen LogP contribution < -0.4 is 10.6 Å². The summed E-state index contributed by atoms with van der Waals surface area (Å²) < 4.78 is 0. The molecule has 1 amide bonds. The number of hydrogen-bond donors (Lipinski definition) is 2. The van der Waals surface area contributed by atoms with Crippen LogP contribution in [0.1, 0.15) is 12.8 Å². The van der Waals surface area contributed by atoms with Gasteiger partial charge in [0.25, 0.3) is 0 Å². The van der Waals surface area contributed by atoms with E-state index in [0.717, 1.165) is 25.9 Å². The number of nitrogens with zero attached hydrogens (tertiary/aromatic N) is 1. The maximum Gasteiger partial charge on any atom is 0.242 e. The second-order valence-corrected chi connectivity index (χ2v) is 4.41. The summed E-state index contributed by atoms with van der Waals surface area (Å²) in [6, 6.07) is 0.487. The molecule has 2 N–H and O–H groups in total. The molecule has 2 unspecified atom stereocenters. The minimum atomic E-state index is -0.194. The fourth-order valence-electron chi connectivity index (χ4n) is 2.23. The number of amides is 1. The van der Waals surface area contributed by atoms with E-state index in [4.69, 9.17) is 0 Å². The van der Waals surface area contributed by atoms with Crippen molar-refractivity contribution in [2.24, 2.45) is 0 Å². The molecule has 0 saturated carbocycles. The number of β-lactam (4-membered cyclic amide) rings is 1. The molecule has 4 heteroatoms. The summed E-state index contributed by atoms with van der Waals surface area (Å²) >= 11 is 0. The molecular weight excluding hydrogens is 166 g/mol. The quantitative estimate of drug-likeness (QED) is 0.549. The lowest BCUT2D eigenvalue weighted by molar-refractivity contribution is -0.134. The lowest BCUT2D eigenvalue weighted by Crippen LogP contribution is -2.70. The molecule has 0 bridgehead atoms. The zero-order chi connectivity index (χ0) is 9.47. The van der Waals surface area contributed by atoms with E-state index in [1.807, 2.05) is 0 Å². The summed E-state index contributed by atoms with van der Waals surface area (Å²) in [5.41, 5.74) is -0.194. The van der Waals surface area contributed by atoms with E-state index in [1.54, 1.807) is 0 Å². The van der Waals surface area contributed by atoms with Crippen molar-refractivity contribution in [2.45, 2.75) is 24.4 Å². The van der Waals surface area contributed by atoms with Gasteiger partial charge in [0.05, 0.1) is 0 Å². The molecule has 2 fully saturated rings. The van der Waals surface area contributed by atoms with Crippen LogP contribution >= 0.6 is 0 Å². The van der Waals surface area contributed by atoms with E-state index in [1.165, 1.54) is 0 Å². The van der Waals surface area contributed by atoms with Crippen molar-refractivity contribution in [3.8, 4) is 0 Å². The predicted molar refractivity (Wildman–Crippen MR) is 50.5 cm³/mol. The molecule has 2 aliphatic rings. The molecule has 2 rings (SSSR count). The molecule has 0 aromatic carbocycles. The van der Waals surface area contributed by atoms with Crippen molar-refractivity contribution in [1.29, 1.82) is 0 Å². The molecular formula is C9H17N3O. The Hall–Kier alpha value is -0.610. The van der Waals surface area contributed by atoms with E-state index in [0.29, 0.717) is 6.04 Å². The van der Waals surface area contributed by atoms with Gasteiger partial charge in [0.1, 0.15) is 5.54 Å². The minimum Gasteiger partial charge on any atom is -0.352 e. The van der Waals surface area contributed by atoms with Gasteiger partial charge < -0.3 is 10.2 Å². The van der Waals surface area contributed by atoms with Crippen LogP contribution in [-0.2, 0) is 4.79 Å². The monoisotopic (exact) mass is 183 g/mol. The van der Waals surface area contributed by atoms with Crippen LogP contribution in [0.2, 0.25) is 0 Å². The van der Waals surface area contributed by atoms with Crippen LogP contribution in [-0.4, -0.2) is 49.6 Å². The van der Waals surface area contributed by atoms with Crippen LogP contribution in [0.25, 0.3) is 0 Å². The third-order valence-corrected chi connectivity index (χ3v) is 2.97. The molecule has 0 aromatic heterocycles. The summed E-state index contributed by atoms with van der Waals surface area (Å²) in [4.78, 5) is 13.5. The summed E-state index contributed by atoms with van der Waals surface area (Å²) in [7, 11) is 4.13. The first kappa shape index (κ1) is 8.97. The van der Waals surface area contributed by atoms with Crippen molar-refractivity contribution in [3.63, 3.8) is 0 Å². The van der Waals surface area contributed by atoms with Crippen LogP contribution in [0.5, 0.6) is 0 Å². The number of hydrogen-bond acceptors (Lipinski definition) is 3. The highest BCUT2D eigenvalue weighted by Gasteiger charge is 2.50. The molecule has 4 nitrogen and oxygen atoms in total. The van der Waals surface area contributed by atoms with Gasteiger partial charge in [-0.15, -0.1) is 0 Å². The Bertz CT molecular complexity index is 229. The Morgan fingerprint density at radius 2 is 2.38 bits per heavy atom. The summed E-state index contributed by atoms with van der Waals surface area (Å²) in [6.45, 7) is 1.84. The number of carbonyl (C=O) groups excluding carboxylic acids is 1. The Balaban J connectivity index is 1.90. The van der Waals surface area contributed by atoms with Crippen molar-refractivity contribution in [2.75, 3.05) is 27.2 Å². The van der Waals surface area contributed by atoms with E-state index in [9.17, 15) is 4.79 Å². The second-order valence-electron chi connectivity index (χ2n) is 4.41. The zero-order valence-electron chi connectivity index (χ0n) is 8.26. The third-order valence-electron chi connectivity index (χ3n) is 2.97. The van der Waals surface area contributed by atoms with Gasteiger partial charge >= 0.3 is 0 Å². The van der Waals surface area contributed by atoms with Crippen LogP contribution in [0.3, 0.4) is 0 Å². The van der Waals surface area contributed by atoms with Gasteiger partial charge in [-0.05, 0) is 26.9 Å². The van der Waals surface area contributed by atoms with Gasteiger partial charge in [0.15, 0.2) is 0 Å². The van der Waals surface area contributed by atoms with Gasteiger partial charge in [-0.3, -0.25) is 10.1 Å². The van der Waals surface area contributed by atoms with E-state index < -0.39 is 0 Å². The highest BCUT2D eigenvalue weighted by atomic mass is 16.2. The van der Waals surface area contributed by atoms with Crippen LogP contribution in [0.4, 0.5) is 0 Å². The SMILES string of the molecule is CN(C)CC1CCC2(CNC2=O)N1. The first-order valence-electron chi connectivity index (χ1n) is 4.83. The molecule has 1 spiro atoms. The number of nitrogens with one attached hydrogen (secondary N) is 2. The van der Waals surface area contributed by atoms with E-state index >= 15 is 0 Å². The highest BCUT2D eigenvalue weighted by molar-refractivity contribution is 5.93. The lowest BCUT2D eigenvalue weighted by Gasteiger charge is -2.38. The smallest absolute Gasteiger partial charge is 0.242 e. The Morgan fingerprint density at radius 1 is 1.62 bits per heavy atom. The topological polar surface area (TPSA) is 44.4 Å².